The van der Waals surface area contributed by atoms with E-state index >= 15 is 0 Å². The molecular weight excluding hydrogens is 440 g/mol. The zero-order valence-electron chi connectivity index (χ0n) is 18.6. The number of carbonyl (C=O) groups is 2. The van der Waals surface area contributed by atoms with Gasteiger partial charge in [-0.25, -0.2) is 5.43 Å². The lowest BCUT2D eigenvalue weighted by Gasteiger charge is -2.13. The molecule has 10 heteroatoms. The molecule has 34 heavy (non-hydrogen) atoms. The number of anilines is 1. The van der Waals surface area contributed by atoms with E-state index < -0.39 is 16.7 Å². The first-order valence-corrected chi connectivity index (χ1v) is 10.6. The van der Waals surface area contributed by atoms with Gasteiger partial charge in [-0.05, 0) is 38.0 Å². The fourth-order valence-corrected chi connectivity index (χ4v) is 3.83. The Hall–Kier alpha value is -4.47. The number of nitrogens with one attached hydrogen (secondary N) is 2. The second-order valence-corrected chi connectivity index (χ2v) is 7.70. The molecule has 0 radical (unpaired) electrons. The Morgan fingerprint density at radius 3 is 2.68 bits per heavy atom. The number of nitro groups is 1. The fourth-order valence-electron chi connectivity index (χ4n) is 3.83. The van der Waals surface area contributed by atoms with Crippen molar-refractivity contribution >= 4 is 28.9 Å². The molecule has 1 heterocycles. The Morgan fingerprint density at radius 2 is 1.91 bits per heavy atom. The summed E-state index contributed by atoms with van der Waals surface area (Å²) < 4.78 is 11.1. The van der Waals surface area contributed by atoms with Crippen LogP contribution in [0.2, 0.25) is 0 Å². The number of methoxy groups -OCH3 is 1. The third kappa shape index (κ3) is 4.65. The average molecular weight is 462 g/mol. The van der Waals surface area contributed by atoms with Gasteiger partial charge >= 0.3 is 0 Å². The van der Waals surface area contributed by atoms with Gasteiger partial charge in [-0.1, -0.05) is 12.1 Å². The van der Waals surface area contributed by atoms with Crippen LogP contribution in [0.3, 0.4) is 0 Å². The minimum absolute atomic E-state index is 0.122. The molecule has 0 saturated heterocycles. The molecule has 10 nitrogen and oxygen atoms in total. The van der Waals surface area contributed by atoms with Gasteiger partial charge in [-0.15, -0.1) is 0 Å². The summed E-state index contributed by atoms with van der Waals surface area (Å²) in [7, 11) is 1.55. The minimum atomic E-state index is -0.569. The molecule has 2 aromatic carbocycles. The van der Waals surface area contributed by atoms with Crippen molar-refractivity contribution in [1.82, 2.24) is 5.43 Å². The number of hydrazone groups is 1. The van der Waals surface area contributed by atoms with Crippen molar-refractivity contribution in [3.8, 4) is 5.75 Å². The molecule has 0 aliphatic heterocycles. The van der Waals surface area contributed by atoms with Crippen molar-refractivity contribution in [2.45, 2.75) is 26.2 Å². The van der Waals surface area contributed by atoms with E-state index in [9.17, 15) is 19.7 Å². The van der Waals surface area contributed by atoms with Crippen molar-refractivity contribution in [3.05, 3.63) is 86.9 Å². The number of fused-ring (bicyclic) bond motifs is 1. The van der Waals surface area contributed by atoms with Gasteiger partial charge in [0, 0.05) is 47.0 Å². The van der Waals surface area contributed by atoms with Gasteiger partial charge in [-0.2, -0.15) is 5.10 Å². The Kier molecular flexibility index (Phi) is 6.39. The lowest BCUT2D eigenvalue weighted by molar-refractivity contribution is -0.384. The number of aryl methyl sites for hydroxylation is 1. The van der Waals surface area contributed by atoms with E-state index in [0.717, 1.165) is 6.42 Å². The normalized spacial score (nSPS) is 13.8. The first-order chi connectivity index (χ1) is 16.4. The summed E-state index contributed by atoms with van der Waals surface area (Å²) in [6.07, 6.45) is 1.96. The third-order valence-corrected chi connectivity index (χ3v) is 5.47. The number of carbonyl (C=O) groups excluding carboxylic acids is 2. The molecule has 0 fully saturated rings. The number of nitrogens with zero attached hydrogens (tertiary/aromatic N) is 2. The van der Waals surface area contributed by atoms with Gasteiger partial charge in [0.25, 0.3) is 17.5 Å². The highest BCUT2D eigenvalue weighted by Gasteiger charge is 2.28. The molecule has 2 N–H and O–H groups in total. The molecule has 3 aromatic rings. The van der Waals surface area contributed by atoms with Gasteiger partial charge in [0.2, 0.25) is 0 Å². The van der Waals surface area contributed by atoms with Crippen molar-refractivity contribution in [2.24, 2.45) is 5.10 Å². The summed E-state index contributed by atoms with van der Waals surface area (Å²) in [5.74, 6) is 0.443. The summed E-state index contributed by atoms with van der Waals surface area (Å²) in [4.78, 5) is 35.8. The second-order valence-electron chi connectivity index (χ2n) is 7.70. The molecule has 2 amide bonds. The number of non-ortho nitro benzene ring substituents is 1. The van der Waals surface area contributed by atoms with E-state index in [-0.39, 0.29) is 17.0 Å². The maximum Gasteiger partial charge on any atom is 0.291 e. The van der Waals surface area contributed by atoms with Crippen molar-refractivity contribution in [2.75, 3.05) is 12.4 Å². The third-order valence-electron chi connectivity index (χ3n) is 5.47. The smallest absolute Gasteiger partial charge is 0.291 e. The SMILES string of the molecule is COc1cccc(NC(=O)c2oc3c(c2C)/C(=N/NC(=O)c2cccc([N+](=O)[O-])c2)CCC3)c1. The largest absolute Gasteiger partial charge is 0.497 e. The van der Waals surface area contributed by atoms with E-state index in [1.54, 1.807) is 38.3 Å². The molecule has 1 aliphatic rings. The van der Waals surface area contributed by atoms with Gasteiger partial charge < -0.3 is 14.5 Å². The number of nitro benzene ring substituents is 1. The zero-order valence-corrected chi connectivity index (χ0v) is 18.6. The number of hydrogen-bond donors (Lipinski definition) is 2. The first kappa shape index (κ1) is 22.7. The molecule has 0 spiro atoms. The molecule has 1 aliphatic carbocycles. The molecule has 0 unspecified atom stereocenters. The molecule has 0 atom stereocenters. The quantitative estimate of drug-likeness (QED) is 0.416. The maximum atomic E-state index is 12.9. The van der Waals surface area contributed by atoms with E-state index in [0.29, 0.717) is 46.9 Å². The Morgan fingerprint density at radius 1 is 1.12 bits per heavy atom. The molecular formula is C24H22N4O6. The monoisotopic (exact) mass is 462 g/mol. The standard InChI is InChI=1S/C24H22N4O6/c1-14-21-19(26-27-23(29)15-6-3-8-17(12-15)28(31)32)10-5-11-20(21)34-22(14)24(30)25-16-7-4-9-18(13-16)33-2/h3-4,6-9,12-13H,5,10-11H2,1-2H3,(H,25,30)(H,27,29)/b26-19+. The highest BCUT2D eigenvalue weighted by Crippen LogP contribution is 2.30. The van der Waals surface area contributed by atoms with Crippen molar-refractivity contribution < 1.29 is 23.7 Å². The van der Waals surface area contributed by atoms with Gasteiger partial charge in [-0.3, -0.25) is 19.7 Å². The van der Waals surface area contributed by atoms with Crippen LogP contribution in [0.4, 0.5) is 11.4 Å². The van der Waals surface area contributed by atoms with Crippen LogP contribution in [0, 0.1) is 17.0 Å². The van der Waals surface area contributed by atoms with Crippen LogP contribution in [0.5, 0.6) is 5.75 Å². The Balaban J connectivity index is 1.55. The molecule has 174 valence electrons. The number of benzene rings is 2. The van der Waals surface area contributed by atoms with E-state index in [4.69, 9.17) is 9.15 Å². The van der Waals surface area contributed by atoms with Crippen molar-refractivity contribution in [1.29, 1.82) is 0 Å². The van der Waals surface area contributed by atoms with E-state index in [1.165, 1.54) is 24.3 Å². The predicted octanol–water partition coefficient (Wildman–Crippen LogP) is 4.23. The molecule has 0 bridgehead atoms. The summed E-state index contributed by atoms with van der Waals surface area (Å²) in [6.45, 7) is 1.77. The number of furan rings is 1. The van der Waals surface area contributed by atoms with Crippen LogP contribution in [0.15, 0.2) is 58.0 Å². The zero-order chi connectivity index (χ0) is 24.2. The summed E-state index contributed by atoms with van der Waals surface area (Å²) in [5, 5.41) is 18.0. The van der Waals surface area contributed by atoms with Crippen LogP contribution in [0.1, 0.15) is 50.6 Å². The summed E-state index contributed by atoms with van der Waals surface area (Å²) >= 11 is 0. The van der Waals surface area contributed by atoms with Crippen LogP contribution in [-0.2, 0) is 6.42 Å². The van der Waals surface area contributed by atoms with Gasteiger partial charge in [0.05, 0.1) is 17.7 Å². The van der Waals surface area contributed by atoms with Crippen LogP contribution in [-0.4, -0.2) is 29.6 Å². The fraction of sp³-hybridized carbons (Fsp3) is 0.208. The summed E-state index contributed by atoms with van der Waals surface area (Å²) in [5.41, 5.74) is 4.87. The Bertz CT molecular complexity index is 1310. The lowest BCUT2D eigenvalue weighted by Crippen LogP contribution is -2.22. The van der Waals surface area contributed by atoms with Gasteiger partial charge in [0.1, 0.15) is 11.5 Å². The Labute approximate surface area is 194 Å². The van der Waals surface area contributed by atoms with Crippen LogP contribution in [0.25, 0.3) is 0 Å². The summed E-state index contributed by atoms with van der Waals surface area (Å²) in [6, 6.07) is 12.4. The van der Waals surface area contributed by atoms with E-state index in [2.05, 4.69) is 15.8 Å². The number of ether oxygens (including phenoxy) is 1. The van der Waals surface area contributed by atoms with Crippen LogP contribution >= 0.6 is 0 Å². The number of hydrogen-bond acceptors (Lipinski definition) is 7. The lowest BCUT2D eigenvalue weighted by atomic mass is 9.93. The second kappa shape index (κ2) is 9.57. The molecule has 1 aromatic heterocycles. The topological polar surface area (TPSA) is 136 Å². The average Bonchev–Trinajstić information content (AvgIpc) is 3.19. The first-order valence-electron chi connectivity index (χ1n) is 10.6. The minimum Gasteiger partial charge on any atom is -0.497 e. The number of rotatable bonds is 6. The number of amides is 2. The van der Waals surface area contributed by atoms with Gasteiger partial charge in [0.15, 0.2) is 5.76 Å². The highest BCUT2D eigenvalue weighted by atomic mass is 16.6. The maximum absolute atomic E-state index is 12.9. The van der Waals surface area contributed by atoms with Crippen molar-refractivity contribution in [3.63, 3.8) is 0 Å². The highest BCUT2D eigenvalue weighted by molar-refractivity contribution is 6.09. The molecule has 0 saturated carbocycles. The van der Waals surface area contributed by atoms with E-state index in [1.807, 2.05) is 0 Å². The van der Waals surface area contributed by atoms with Crippen LogP contribution < -0.4 is 15.5 Å². The molecule has 4 rings (SSSR count). The predicted molar refractivity (Wildman–Crippen MR) is 124 cm³/mol.